The summed E-state index contributed by atoms with van der Waals surface area (Å²) in [6, 6.07) is 15.1. The quantitative estimate of drug-likeness (QED) is 0.675. The molecule has 2 aromatic rings. The highest BCUT2D eigenvalue weighted by molar-refractivity contribution is 5.97. The lowest BCUT2D eigenvalue weighted by Crippen LogP contribution is -2.42. The zero-order chi connectivity index (χ0) is 21.3. The molecular formula is C23H28N2O5. The Balaban J connectivity index is 1.46. The van der Waals surface area contributed by atoms with Crippen LogP contribution in [-0.4, -0.2) is 57.2 Å². The molecule has 0 saturated carbocycles. The van der Waals surface area contributed by atoms with Crippen LogP contribution in [0.3, 0.4) is 0 Å². The fraction of sp³-hybridized carbons (Fsp3) is 0.391. The van der Waals surface area contributed by atoms with E-state index in [1.165, 1.54) is 14.2 Å². The molecule has 1 aliphatic rings. The second kappa shape index (κ2) is 10.6. The summed E-state index contributed by atoms with van der Waals surface area (Å²) in [6.45, 7) is 2.07. The number of nitrogens with one attached hydrogen (secondary N) is 1. The van der Waals surface area contributed by atoms with E-state index in [0.29, 0.717) is 56.1 Å². The number of hydrogen-bond acceptors (Lipinski definition) is 5. The molecule has 160 valence electrons. The summed E-state index contributed by atoms with van der Waals surface area (Å²) < 4.78 is 16.3. The summed E-state index contributed by atoms with van der Waals surface area (Å²) in [5, 5.41) is 2.85. The molecule has 1 saturated heterocycles. The highest BCUT2D eigenvalue weighted by Gasteiger charge is 2.25. The minimum atomic E-state index is -0.256. The Morgan fingerprint density at radius 1 is 1.10 bits per heavy atom. The molecule has 7 heteroatoms. The summed E-state index contributed by atoms with van der Waals surface area (Å²) >= 11 is 0. The van der Waals surface area contributed by atoms with E-state index in [1.54, 1.807) is 18.2 Å². The lowest BCUT2D eigenvalue weighted by atomic mass is 10.1. The number of amides is 2. The van der Waals surface area contributed by atoms with Crippen molar-refractivity contribution in [3.8, 4) is 11.5 Å². The molecule has 1 aliphatic heterocycles. The number of ether oxygens (including phenoxy) is 3. The predicted octanol–water partition coefficient (Wildman–Crippen LogP) is 2.81. The van der Waals surface area contributed by atoms with Gasteiger partial charge in [-0.15, -0.1) is 0 Å². The molecule has 3 rings (SSSR count). The van der Waals surface area contributed by atoms with E-state index in [2.05, 4.69) is 5.32 Å². The van der Waals surface area contributed by atoms with Crippen molar-refractivity contribution in [3.05, 3.63) is 59.7 Å². The van der Waals surface area contributed by atoms with Gasteiger partial charge in [-0.3, -0.25) is 9.59 Å². The van der Waals surface area contributed by atoms with E-state index in [9.17, 15) is 9.59 Å². The Morgan fingerprint density at radius 2 is 1.90 bits per heavy atom. The highest BCUT2D eigenvalue weighted by atomic mass is 16.5. The highest BCUT2D eigenvalue weighted by Crippen LogP contribution is 2.30. The number of carbonyl (C=O) groups excluding carboxylic acids is 2. The maximum atomic E-state index is 12.6. The average Bonchev–Trinajstić information content (AvgIpc) is 2.81. The minimum absolute atomic E-state index is 0.0763. The summed E-state index contributed by atoms with van der Waals surface area (Å²) in [5.41, 5.74) is 1.48. The summed E-state index contributed by atoms with van der Waals surface area (Å²) in [5.74, 6) is 0.718. The normalized spacial score (nSPS) is 16.1. The van der Waals surface area contributed by atoms with Crippen LogP contribution in [0, 0.1) is 0 Å². The van der Waals surface area contributed by atoms with Gasteiger partial charge in [0.25, 0.3) is 5.91 Å². The van der Waals surface area contributed by atoms with Gasteiger partial charge < -0.3 is 24.4 Å². The number of benzene rings is 2. The van der Waals surface area contributed by atoms with E-state index in [-0.39, 0.29) is 17.9 Å². The van der Waals surface area contributed by atoms with Gasteiger partial charge in [-0.2, -0.15) is 0 Å². The molecule has 0 aromatic heterocycles. The lowest BCUT2D eigenvalue weighted by molar-refractivity contribution is -0.139. The van der Waals surface area contributed by atoms with Crippen molar-refractivity contribution in [2.45, 2.75) is 18.9 Å². The molecule has 7 nitrogen and oxygen atoms in total. The van der Waals surface area contributed by atoms with Gasteiger partial charge >= 0.3 is 0 Å². The molecule has 0 aliphatic carbocycles. The molecule has 0 bridgehead atoms. The monoisotopic (exact) mass is 412 g/mol. The molecule has 2 amide bonds. The minimum Gasteiger partial charge on any atom is -0.493 e. The van der Waals surface area contributed by atoms with Crippen molar-refractivity contribution >= 4 is 11.8 Å². The van der Waals surface area contributed by atoms with Gasteiger partial charge in [0.05, 0.1) is 32.9 Å². The topological polar surface area (TPSA) is 77.1 Å². The molecule has 1 unspecified atom stereocenters. The number of morpholine rings is 1. The van der Waals surface area contributed by atoms with Crippen LogP contribution in [0.5, 0.6) is 11.5 Å². The van der Waals surface area contributed by atoms with Gasteiger partial charge in [0.1, 0.15) is 6.10 Å². The zero-order valence-electron chi connectivity index (χ0n) is 17.4. The first-order valence-electron chi connectivity index (χ1n) is 10.1. The van der Waals surface area contributed by atoms with Gasteiger partial charge in [0.15, 0.2) is 11.5 Å². The van der Waals surface area contributed by atoms with Crippen LogP contribution in [0.4, 0.5) is 0 Å². The maximum absolute atomic E-state index is 12.6. The smallest absolute Gasteiger partial charge is 0.255 e. The molecule has 2 aromatic carbocycles. The van der Waals surface area contributed by atoms with Gasteiger partial charge in [-0.25, -0.2) is 0 Å². The third kappa shape index (κ3) is 5.30. The predicted molar refractivity (Wildman–Crippen MR) is 113 cm³/mol. The average molecular weight is 412 g/mol. The Labute approximate surface area is 176 Å². The first-order chi connectivity index (χ1) is 14.6. The van der Waals surface area contributed by atoms with Crippen LogP contribution in [0.15, 0.2) is 48.5 Å². The number of methoxy groups -OCH3 is 2. The fourth-order valence-electron chi connectivity index (χ4n) is 3.51. The van der Waals surface area contributed by atoms with Crippen molar-refractivity contribution in [2.24, 2.45) is 0 Å². The van der Waals surface area contributed by atoms with Crippen molar-refractivity contribution in [3.63, 3.8) is 0 Å². The number of para-hydroxylation sites is 1. The first-order valence-corrected chi connectivity index (χ1v) is 10.1. The maximum Gasteiger partial charge on any atom is 0.255 e. The SMILES string of the molecule is COc1cccc(C(=O)NCCCC(=O)N2CCOC(c3ccccc3)C2)c1OC. The van der Waals surface area contributed by atoms with Gasteiger partial charge in [-0.05, 0) is 24.1 Å². The van der Waals surface area contributed by atoms with Crippen molar-refractivity contribution in [1.29, 1.82) is 0 Å². The van der Waals surface area contributed by atoms with Crippen molar-refractivity contribution in [1.82, 2.24) is 10.2 Å². The van der Waals surface area contributed by atoms with Crippen LogP contribution in [0.25, 0.3) is 0 Å². The number of nitrogens with zero attached hydrogens (tertiary/aromatic N) is 1. The standard InChI is InChI=1S/C23H28N2O5/c1-28-19-11-6-10-18(22(19)29-2)23(27)24-13-7-12-21(26)25-14-15-30-20(16-25)17-8-4-3-5-9-17/h3-6,8-11,20H,7,12-16H2,1-2H3,(H,24,27). The first kappa shape index (κ1) is 21.6. The fourth-order valence-corrected chi connectivity index (χ4v) is 3.51. The van der Waals surface area contributed by atoms with Crippen LogP contribution in [0.2, 0.25) is 0 Å². The Morgan fingerprint density at radius 3 is 2.63 bits per heavy atom. The van der Waals surface area contributed by atoms with Crippen LogP contribution in [-0.2, 0) is 9.53 Å². The Hall–Kier alpha value is -3.06. The molecular weight excluding hydrogens is 384 g/mol. The molecule has 1 heterocycles. The number of carbonyl (C=O) groups is 2. The molecule has 1 fully saturated rings. The van der Waals surface area contributed by atoms with E-state index in [0.717, 1.165) is 5.56 Å². The van der Waals surface area contributed by atoms with Crippen LogP contribution in [0.1, 0.15) is 34.9 Å². The van der Waals surface area contributed by atoms with Gasteiger partial charge in [0.2, 0.25) is 5.91 Å². The summed E-state index contributed by atoms with van der Waals surface area (Å²) in [4.78, 5) is 26.9. The molecule has 0 radical (unpaired) electrons. The van der Waals surface area contributed by atoms with Gasteiger partial charge in [-0.1, -0.05) is 36.4 Å². The van der Waals surface area contributed by atoms with Crippen molar-refractivity contribution in [2.75, 3.05) is 40.5 Å². The lowest BCUT2D eigenvalue weighted by Gasteiger charge is -2.33. The second-order valence-electron chi connectivity index (χ2n) is 7.01. The largest absolute Gasteiger partial charge is 0.493 e. The zero-order valence-corrected chi connectivity index (χ0v) is 17.4. The summed E-state index contributed by atoms with van der Waals surface area (Å²) in [6.07, 6.45) is 0.838. The van der Waals surface area contributed by atoms with Crippen LogP contribution < -0.4 is 14.8 Å². The van der Waals surface area contributed by atoms with E-state index in [1.807, 2.05) is 35.2 Å². The molecule has 30 heavy (non-hydrogen) atoms. The van der Waals surface area contributed by atoms with E-state index >= 15 is 0 Å². The Kier molecular flexibility index (Phi) is 7.68. The second-order valence-corrected chi connectivity index (χ2v) is 7.01. The van der Waals surface area contributed by atoms with E-state index in [4.69, 9.17) is 14.2 Å². The third-order valence-electron chi connectivity index (χ3n) is 5.09. The molecule has 0 spiro atoms. The Bertz CT molecular complexity index is 856. The van der Waals surface area contributed by atoms with Gasteiger partial charge in [0, 0.05) is 19.5 Å². The number of rotatable bonds is 8. The van der Waals surface area contributed by atoms with E-state index < -0.39 is 0 Å². The number of hydrogen-bond donors (Lipinski definition) is 1. The van der Waals surface area contributed by atoms with Crippen molar-refractivity contribution < 1.29 is 23.8 Å². The molecule has 1 N–H and O–H groups in total. The van der Waals surface area contributed by atoms with Crippen LogP contribution >= 0.6 is 0 Å². The third-order valence-corrected chi connectivity index (χ3v) is 5.09. The summed E-state index contributed by atoms with van der Waals surface area (Å²) in [7, 11) is 3.03. The molecule has 1 atom stereocenters.